The van der Waals surface area contributed by atoms with Crippen molar-refractivity contribution in [2.75, 3.05) is 26.3 Å². The Balaban J connectivity index is 2.01. The van der Waals surface area contributed by atoms with E-state index in [2.05, 4.69) is 16.7 Å². The van der Waals surface area contributed by atoms with Gasteiger partial charge >= 0.3 is 0 Å². The first-order valence-corrected chi connectivity index (χ1v) is 8.47. The number of halogens is 2. The third-order valence-electron chi connectivity index (χ3n) is 3.89. The topological polar surface area (TPSA) is 32.7 Å². The normalized spacial score (nSPS) is 16.2. The summed E-state index contributed by atoms with van der Waals surface area (Å²) in [5.74, 6) is 6.47. The Kier molecular flexibility index (Phi) is 5.65. The maximum absolute atomic E-state index is 10.4. The molecular formula is C19H17Cl2NO2. The highest BCUT2D eigenvalue weighted by Crippen LogP contribution is 2.37. The van der Waals surface area contributed by atoms with Gasteiger partial charge in [-0.25, -0.2) is 0 Å². The Morgan fingerprint density at radius 3 is 2.50 bits per heavy atom. The molecule has 2 aromatic rings. The molecule has 0 aromatic heterocycles. The Labute approximate surface area is 151 Å². The van der Waals surface area contributed by atoms with Gasteiger partial charge in [-0.2, -0.15) is 0 Å². The molecule has 1 saturated heterocycles. The minimum atomic E-state index is -0.301. The molecule has 2 aromatic carbocycles. The average molecular weight is 362 g/mol. The molecule has 1 atom stereocenters. The van der Waals surface area contributed by atoms with Crippen molar-refractivity contribution in [3.8, 4) is 17.6 Å². The van der Waals surface area contributed by atoms with Crippen LogP contribution in [-0.4, -0.2) is 36.3 Å². The molecule has 1 heterocycles. The molecule has 124 valence electrons. The van der Waals surface area contributed by atoms with E-state index in [1.54, 1.807) is 6.07 Å². The van der Waals surface area contributed by atoms with E-state index >= 15 is 0 Å². The maximum atomic E-state index is 10.4. The predicted octanol–water partition coefficient (Wildman–Crippen LogP) is 4.12. The summed E-state index contributed by atoms with van der Waals surface area (Å²) in [5.41, 5.74) is 1.54. The molecule has 0 amide bonds. The van der Waals surface area contributed by atoms with Gasteiger partial charge in [0.25, 0.3) is 0 Å². The van der Waals surface area contributed by atoms with Crippen LogP contribution < -0.4 is 0 Å². The summed E-state index contributed by atoms with van der Waals surface area (Å²) in [4.78, 5) is 2.17. The number of rotatable bonds is 2. The van der Waals surface area contributed by atoms with Crippen LogP contribution in [0, 0.1) is 11.8 Å². The highest BCUT2D eigenvalue weighted by Gasteiger charge is 2.25. The monoisotopic (exact) mass is 361 g/mol. The van der Waals surface area contributed by atoms with Gasteiger partial charge in [-0.1, -0.05) is 53.2 Å². The van der Waals surface area contributed by atoms with Crippen molar-refractivity contribution in [3.05, 3.63) is 63.6 Å². The van der Waals surface area contributed by atoms with Gasteiger partial charge in [-0.3, -0.25) is 4.90 Å². The van der Waals surface area contributed by atoms with Crippen LogP contribution in [0.3, 0.4) is 0 Å². The Bertz CT molecular complexity index is 762. The number of morpholine rings is 1. The number of hydrogen-bond donors (Lipinski definition) is 1. The van der Waals surface area contributed by atoms with Gasteiger partial charge < -0.3 is 9.84 Å². The number of benzene rings is 2. The van der Waals surface area contributed by atoms with Crippen molar-refractivity contribution in [2.24, 2.45) is 0 Å². The molecule has 0 unspecified atom stereocenters. The average Bonchev–Trinajstić information content (AvgIpc) is 2.61. The SMILES string of the molecule is Oc1c(Cl)cc(Cl)cc1[C@H](C#Cc1ccccc1)N1CCOCC1. The summed E-state index contributed by atoms with van der Waals surface area (Å²) < 4.78 is 5.42. The van der Waals surface area contributed by atoms with Crippen LogP contribution in [0.25, 0.3) is 0 Å². The highest BCUT2D eigenvalue weighted by atomic mass is 35.5. The lowest BCUT2D eigenvalue weighted by atomic mass is 10.0. The van der Waals surface area contributed by atoms with Crippen molar-refractivity contribution in [1.29, 1.82) is 0 Å². The summed E-state index contributed by atoms with van der Waals surface area (Å²) in [7, 11) is 0. The van der Waals surface area contributed by atoms with Gasteiger partial charge in [0, 0.05) is 29.2 Å². The molecule has 3 rings (SSSR count). The molecular weight excluding hydrogens is 345 g/mol. The Hall–Kier alpha value is -1.70. The molecule has 1 fully saturated rings. The van der Waals surface area contributed by atoms with Gasteiger partial charge in [0.2, 0.25) is 0 Å². The van der Waals surface area contributed by atoms with Gasteiger partial charge in [-0.05, 0) is 24.3 Å². The van der Waals surface area contributed by atoms with Crippen molar-refractivity contribution < 1.29 is 9.84 Å². The summed E-state index contributed by atoms with van der Waals surface area (Å²) in [5, 5.41) is 11.1. The summed E-state index contributed by atoms with van der Waals surface area (Å²) in [6, 6.07) is 12.7. The third kappa shape index (κ3) is 4.03. The first-order valence-electron chi connectivity index (χ1n) is 7.71. The van der Waals surface area contributed by atoms with Crippen LogP contribution in [0.5, 0.6) is 5.75 Å². The second kappa shape index (κ2) is 7.92. The van der Waals surface area contributed by atoms with E-state index < -0.39 is 0 Å². The van der Waals surface area contributed by atoms with Crippen molar-refractivity contribution in [2.45, 2.75) is 6.04 Å². The molecule has 5 heteroatoms. The first kappa shape index (κ1) is 17.1. The first-order chi connectivity index (χ1) is 11.6. The lowest BCUT2D eigenvalue weighted by Crippen LogP contribution is -2.38. The fourth-order valence-electron chi connectivity index (χ4n) is 2.67. The van der Waals surface area contributed by atoms with Gasteiger partial charge in [-0.15, -0.1) is 0 Å². The zero-order valence-corrected chi connectivity index (χ0v) is 14.5. The fraction of sp³-hybridized carbons (Fsp3) is 0.263. The van der Waals surface area contributed by atoms with Crippen LogP contribution in [0.4, 0.5) is 0 Å². The van der Waals surface area contributed by atoms with E-state index in [0.717, 1.165) is 18.7 Å². The van der Waals surface area contributed by atoms with Crippen molar-refractivity contribution in [3.63, 3.8) is 0 Å². The van der Waals surface area contributed by atoms with Crippen molar-refractivity contribution in [1.82, 2.24) is 4.90 Å². The number of phenolic OH excluding ortho intramolecular Hbond substituents is 1. The molecule has 0 aliphatic carbocycles. The van der Waals surface area contributed by atoms with Gasteiger partial charge in [0.05, 0.1) is 18.2 Å². The van der Waals surface area contributed by atoms with Crippen LogP contribution >= 0.6 is 23.2 Å². The zero-order valence-electron chi connectivity index (χ0n) is 13.0. The molecule has 24 heavy (non-hydrogen) atoms. The van der Waals surface area contributed by atoms with E-state index in [0.29, 0.717) is 23.8 Å². The molecule has 0 spiro atoms. The Morgan fingerprint density at radius 1 is 1.08 bits per heavy atom. The number of ether oxygens (including phenoxy) is 1. The zero-order chi connectivity index (χ0) is 16.9. The summed E-state index contributed by atoms with van der Waals surface area (Å²) >= 11 is 12.2. The minimum absolute atomic E-state index is 0.0277. The van der Waals surface area contributed by atoms with E-state index in [9.17, 15) is 5.11 Å². The van der Waals surface area contributed by atoms with Crippen LogP contribution in [-0.2, 0) is 4.74 Å². The van der Waals surface area contributed by atoms with E-state index in [1.165, 1.54) is 6.07 Å². The quantitative estimate of drug-likeness (QED) is 0.816. The molecule has 3 nitrogen and oxygen atoms in total. The molecule has 1 aliphatic rings. The fourth-order valence-corrected chi connectivity index (χ4v) is 3.18. The Morgan fingerprint density at radius 2 is 1.79 bits per heavy atom. The predicted molar refractivity (Wildman–Crippen MR) is 96.6 cm³/mol. The minimum Gasteiger partial charge on any atom is -0.506 e. The number of hydrogen-bond acceptors (Lipinski definition) is 3. The third-order valence-corrected chi connectivity index (χ3v) is 4.40. The standard InChI is InChI=1S/C19H17Cl2NO2/c20-15-12-16(19(23)17(21)13-15)18(22-8-10-24-11-9-22)7-6-14-4-2-1-3-5-14/h1-5,12-13,18,23H,8-11H2/t18-/m0/s1. The van der Waals surface area contributed by atoms with Crippen molar-refractivity contribution >= 4 is 23.2 Å². The van der Waals surface area contributed by atoms with Crippen LogP contribution in [0.2, 0.25) is 10.0 Å². The summed E-state index contributed by atoms with van der Waals surface area (Å²) in [6.45, 7) is 2.74. The smallest absolute Gasteiger partial charge is 0.140 e. The second-order valence-electron chi connectivity index (χ2n) is 5.51. The molecule has 0 radical (unpaired) electrons. The lowest BCUT2D eigenvalue weighted by Gasteiger charge is -2.32. The highest BCUT2D eigenvalue weighted by molar-refractivity contribution is 6.35. The second-order valence-corrected chi connectivity index (χ2v) is 6.36. The van der Waals surface area contributed by atoms with Gasteiger partial charge in [0.1, 0.15) is 11.8 Å². The number of aromatic hydroxyl groups is 1. The van der Waals surface area contributed by atoms with Gasteiger partial charge in [0.15, 0.2) is 0 Å². The number of nitrogens with zero attached hydrogens (tertiary/aromatic N) is 1. The largest absolute Gasteiger partial charge is 0.506 e. The van der Waals surface area contributed by atoms with Crippen LogP contribution in [0.1, 0.15) is 17.2 Å². The lowest BCUT2D eigenvalue weighted by molar-refractivity contribution is 0.0266. The number of phenols is 1. The molecule has 1 N–H and O–H groups in total. The summed E-state index contributed by atoms with van der Waals surface area (Å²) in [6.07, 6.45) is 0. The molecule has 0 bridgehead atoms. The van der Waals surface area contributed by atoms with E-state index in [4.69, 9.17) is 27.9 Å². The van der Waals surface area contributed by atoms with Crippen LogP contribution in [0.15, 0.2) is 42.5 Å². The van der Waals surface area contributed by atoms with E-state index in [1.807, 2.05) is 30.3 Å². The molecule has 1 aliphatic heterocycles. The van der Waals surface area contributed by atoms with E-state index in [-0.39, 0.29) is 16.8 Å². The molecule has 0 saturated carbocycles. The maximum Gasteiger partial charge on any atom is 0.140 e.